The van der Waals surface area contributed by atoms with E-state index in [-0.39, 0.29) is 0 Å². The molecule has 0 fully saturated rings. The van der Waals surface area contributed by atoms with Crippen LogP contribution in [0.2, 0.25) is 0 Å². The van der Waals surface area contributed by atoms with Gasteiger partial charge < -0.3 is 14.6 Å². The molecule has 0 spiro atoms. The zero-order chi connectivity index (χ0) is 14.5. The number of aromatic nitrogens is 1. The summed E-state index contributed by atoms with van der Waals surface area (Å²) in [4.78, 5) is 0. The number of hydrogen-bond acceptors (Lipinski definition) is 4. The fourth-order valence-corrected chi connectivity index (χ4v) is 1.93. The molecule has 0 unspecified atom stereocenters. The molecule has 2 rings (SSSR count). The van der Waals surface area contributed by atoms with E-state index in [4.69, 9.17) is 9.26 Å². The third-order valence-electron chi connectivity index (χ3n) is 2.96. The van der Waals surface area contributed by atoms with Crippen LogP contribution in [0.1, 0.15) is 36.4 Å². The lowest BCUT2D eigenvalue weighted by Crippen LogP contribution is -2.22. The molecule has 0 aliphatic rings. The summed E-state index contributed by atoms with van der Waals surface area (Å²) in [5.41, 5.74) is 3.26. The smallest absolute Gasteiger partial charge is 0.174 e. The molecule has 1 aromatic carbocycles. The highest BCUT2D eigenvalue weighted by molar-refractivity contribution is 5.37. The van der Waals surface area contributed by atoms with Crippen molar-refractivity contribution in [1.82, 2.24) is 10.5 Å². The van der Waals surface area contributed by atoms with Crippen molar-refractivity contribution in [2.24, 2.45) is 0 Å². The van der Waals surface area contributed by atoms with Gasteiger partial charge in [0, 0.05) is 24.2 Å². The number of ether oxygens (including phenoxy) is 1. The van der Waals surface area contributed by atoms with Crippen molar-refractivity contribution in [3.8, 4) is 5.75 Å². The average Bonchev–Trinajstić information content (AvgIpc) is 2.81. The third-order valence-corrected chi connectivity index (χ3v) is 2.96. The second-order valence-corrected chi connectivity index (χ2v) is 5.37. The first-order valence-electron chi connectivity index (χ1n) is 6.92. The van der Waals surface area contributed by atoms with E-state index < -0.39 is 0 Å². The molecule has 4 heteroatoms. The largest absolute Gasteiger partial charge is 0.485 e. The van der Waals surface area contributed by atoms with Crippen molar-refractivity contribution in [3.63, 3.8) is 0 Å². The molecule has 0 aliphatic carbocycles. The van der Waals surface area contributed by atoms with Gasteiger partial charge in [0.05, 0.1) is 5.69 Å². The van der Waals surface area contributed by atoms with E-state index in [1.165, 1.54) is 5.56 Å². The number of rotatable bonds is 6. The number of aryl methyl sites for hydroxylation is 2. The van der Waals surface area contributed by atoms with Gasteiger partial charge in [-0.2, -0.15) is 0 Å². The predicted molar refractivity (Wildman–Crippen MR) is 78.7 cm³/mol. The third kappa shape index (κ3) is 4.10. The monoisotopic (exact) mass is 274 g/mol. The Labute approximate surface area is 120 Å². The zero-order valence-electron chi connectivity index (χ0n) is 12.6. The predicted octanol–water partition coefficient (Wildman–Crippen LogP) is 3.37. The van der Waals surface area contributed by atoms with Gasteiger partial charge in [-0.15, -0.1) is 0 Å². The van der Waals surface area contributed by atoms with Crippen LogP contribution in [0.4, 0.5) is 0 Å². The van der Waals surface area contributed by atoms with Crippen molar-refractivity contribution >= 4 is 0 Å². The van der Waals surface area contributed by atoms with E-state index in [0.717, 1.165) is 29.3 Å². The van der Waals surface area contributed by atoms with Crippen LogP contribution in [0.3, 0.4) is 0 Å². The maximum Gasteiger partial charge on any atom is 0.174 e. The number of nitrogens with zero attached hydrogens (tertiary/aromatic N) is 1. The molecular weight excluding hydrogens is 252 g/mol. The molecular formula is C16H22N2O2. The summed E-state index contributed by atoms with van der Waals surface area (Å²) in [5, 5.41) is 7.27. The Morgan fingerprint density at radius 3 is 2.70 bits per heavy atom. The van der Waals surface area contributed by atoms with Gasteiger partial charge in [0.15, 0.2) is 5.76 Å². The van der Waals surface area contributed by atoms with Crippen molar-refractivity contribution in [1.29, 1.82) is 0 Å². The molecule has 20 heavy (non-hydrogen) atoms. The van der Waals surface area contributed by atoms with Crippen LogP contribution >= 0.6 is 0 Å². The highest BCUT2D eigenvalue weighted by Crippen LogP contribution is 2.21. The lowest BCUT2D eigenvalue weighted by molar-refractivity contribution is 0.246. The van der Waals surface area contributed by atoms with Crippen LogP contribution in [0, 0.1) is 13.8 Å². The van der Waals surface area contributed by atoms with E-state index in [0.29, 0.717) is 12.6 Å². The lowest BCUT2D eigenvalue weighted by Gasteiger charge is -2.14. The molecule has 0 saturated heterocycles. The Morgan fingerprint density at radius 1 is 1.25 bits per heavy atom. The Kier molecular flexibility index (Phi) is 4.79. The highest BCUT2D eigenvalue weighted by Gasteiger charge is 2.07. The van der Waals surface area contributed by atoms with Crippen LogP contribution in [0.15, 0.2) is 28.8 Å². The molecule has 0 radical (unpaired) electrons. The van der Waals surface area contributed by atoms with Crippen LogP contribution in [-0.4, -0.2) is 11.2 Å². The highest BCUT2D eigenvalue weighted by atomic mass is 16.5. The van der Waals surface area contributed by atoms with Crippen LogP contribution in [0.25, 0.3) is 0 Å². The van der Waals surface area contributed by atoms with Crippen LogP contribution in [-0.2, 0) is 13.2 Å². The van der Waals surface area contributed by atoms with Gasteiger partial charge >= 0.3 is 0 Å². The minimum absolute atomic E-state index is 0.401. The van der Waals surface area contributed by atoms with Gasteiger partial charge in [-0.05, 0) is 19.9 Å². The Bertz CT molecular complexity index is 561. The molecule has 0 aliphatic heterocycles. The summed E-state index contributed by atoms with van der Waals surface area (Å²) in [7, 11) is 0. The first-order chi connectivity index (χ1) is 9.54. The summed E-state index contributed by atoms with van der Waals surface area (Å²) >= 11 is 0. The molecule has 1 N–H and O–H groups in total. The second kappa shape index (κ2) is 6.57. The summed E-state index contributed by atoms with van der Waals surface area (Å²) in [6.45, 7) is 9.45. The van der Waals surface area contributed by atoms with Crippen molar-refractivity contribution in [3.05, 3.63) is 46.8 Å². The number of benzene rings is 1. The van der Waals surface area contributed by atoms with Gasteiger partial charge in [-0.1, -0.05) is 36.7 Å². The number of hydrogen-bond donors (Lipinski definition) is 1. The summed E-state index contributed by atoms with van der Waals surface area (Å²) in [6.07, 6.45) is 0. The van der Waals surface area contributed by atoms with Crippen molar-refractivity contribution in [2.45, 2.75) is 46.9 Å². The van der Waals surface area contributed by atoms with Crippen molar-refractivity contribution < 1.29 is 9.26 Å². The van der Waals surface area contributed by atoms with Crippen LogP contribution in [0.5, 0.6) is 5.75 Å². The normalized spacial score (nSPS) is 11.1. The molecule has 0 amide bonds. The Hall–Kier alpha value is -1.81. The zero-order valence-corrected chi connectivity index (χ0v) is 12.6. The average molecular weight is 274 g/mol. The van der Waals surface area contributed by atoms with E-state index in [9.17, 15) is 0 Å². The number of nitrogens with one attached hydrogen (secondary N) is 1. The van der Waals surface area contributed by atoms with Gasteiger partial charge in [-0.3, -0.25) is 0 Å². The second-order valence-electron chi connectivity index (χ2n) is 5.37. The molecule has 108 valence electrons. The van der Waals surface area contributed by atoms with Crippen LogP contribution < -0.4 is 10.1 Å². The lowest BCUT2D eigenvalue weighted by atomic mass is 10.1. The van der Waals surface area contributed by atoms with E-state index in [2.05, 4.69) is 43.4 Å². The van der Waals surface area contributed by atoms with Gasteiger partial charge in [0.1, 0.15) is 12.4 Å². The van der Waals surface area contributed by atoms with E-state index >= 15 is 0 Å². The molecule has 4 nitrogen and oxygen atoms in total. The molecule has 0 atom stereocenters. The molecule has 1 heterocycles. The van der Waals surface area contributed by atoms with E-state index in [1.807, 2.05) is 19.1 Å². The first-order valence-corrected chi connectivity index (χ1v) is 6.92. The SMILES string of the molecule is Cc1ccc(OCc2cc(C)no2)c(CNC(C)C)c1. The molecule has 1 aromatic heterocycles. The standard InChI is InChI=1S/C16H22N2O2/c1-11(2)17-9-14-7-12(3)5-6-16(14)19-10-15-8-13(4)18-20-15/h5-8,11,17H,9-10H2,1-4H3. The molecule has 0 saturated carbocycles. The minimum Gasteiger partial charge on any atom is -0.485 e. The van der Waals surface area contributed by atoms with Crippen molar-refractivity contribution in [2.75, 3.05) is 0 Å². The fraction of sp³-hybridized carbons (Fsp3) is 0.438. The van der Waals surface area contributed by atoms with Gasteiger partial charge in [-0.25, -0.2) is 0 Å². The minimum atomic E-state index is 0.401. The Morgan fingerprint density at radius 2 is 2.05 bits per heavy atom. The summed E-state index contributed by atoms with van der Waals surface area (Å²) < 4.78 is 11.0. The maximum atomic E-state index is 5.85. The van der Waals surface area contributed by atoms with E-state index in [1.54, 1.807) is 0 Å². The quantitative estimate of drug-likeness (QED) is 0.877. The van der Waals surface area contributed by atoms with Gasteiger partial charge in [0.2, 0.25) is 0 Å². The topological polar surface area (TPSA) is 47.3 Å². The molecule has 0 bridgehead atoms. The van der Waals surface area contributed by atoms with Gasteiger partial charge in [0.25, 0.3) is 0 Å². The first kappa shape index (κ1) is 14.6. The maximum absolute atomic E-state index is 5.85. The summed E-state index contributed by atoms with van der Waals surface area (Å²) in [5.74, 6) is 1.63. The summed E-state index contributed by atoms with van der Waals surface area (Å²) in [6, 6.07) is 8.55. The Balaban J connectivity index is 2.05. The molecule has 2 aromatic rings. The fourth-order valence-electron chi connectivity index (χ4n) is 1.93.